The maximum Gasteiger partial charge on any atom is 0.198 e. The predicted molar refractivity (Wildman–Crippen MR) is 100 cm³/mol. The molecule has 134 valence electrons. The van der Waals surface area contributed by atoms with Crippen molar-refractivity contribution in [3.8, 4) is 34.1 Å². The molecule has 2 aromatic carbocycles. The lowest BCUT2D eigenvalue weighted by atomic mass is 10.1. The second-order valence-electron chi connectivity index (χ2n) is 6.39. The van der Waals surface area contributed by atoms with Gasteiger partial charge in [0.2, 0.25) is 0 Å². The van der Waals surface area contributed by atoms with Gasteiger partial charge in [-0.1, -0.05) is 0 Å². The van der Waals surface area contributed by atoms with Gasteiger partial charge in [0.1, 0.15) is 23.8 Å². The van der Waals surface area contributed by atoms with Gasteiger partial charge in [-0.2, -0.15) is 0 Å². The molecule has 1 aromatic heterocycles. The number of aromatic nitrogens is 1. The zero-order chi connectivity index (χ0) is 17.9. The SMILES string of the molecule is COc1ccc(-c2nc(C3CC3)oc2-c2ccc(OCCN)cc2)cc1. The first-order valence-electron chi connectivity index (χ1n) is 8.87. The minimum absolute atomic E-state index is 0.452. The van der Waals surface area contributed by atoms with Gasteiger partial charge in [0.15, 0.2) is 11.7 Å². The Labute approximate surface area is 152 Å². The largest absolute Gasteiger partial charge is 0.497 e. The molecule has 0 atom stereocenters. The van der Waals surface area contributed by atoms with Crippen LogP contribution in [0.3, 0.4) is 0 Å². The monoisotopic (exact) mass is 350 g/mol. The molecule has 0 unspecified atom stereocenters. The van der Waals surface area contributed by atoms with E-state index in [0.29, 0.717) is 19.1 Å². The number of ether oxygens (including phenoxy) is 2. The Bertz CT molecular complexity index is 865. The Morgan fingerprint density at radius 1 is 1.00 bits per heavy atom. The van der Waals surface area contributed by atoms with Gasteiger partial charge in [0, 0.05) is 23.6 Å². The summed E-state index contributed by atoms with van der Waals surface area (Å²) in [5.41, 5.74) is 8.34. The van der Waals surface area contributed by atoms with Crippen LogP contribution in [0, 0.1) is 0 Å². The number of nitrogens with zero attached hydrogens (tertiary/aromatic N) is 1. The highest BCUT2D eigenvalue weighted by Gasteiger charge is 2.31. The van der Waals surface area contributed by atoms with E-state index in [1.807, 2.05) is 48.5 Å². The quantitative estimate of drug-likeness (QED) is 0.690. The molecule has 2 N–H and O–H groups in total. The lowest BCUT2D eigenvalue weighted by Crippen LogP contribution is -2.10. The Morgan fingerprint density at radius 2 is 1.65 bits per heavy atom. The Balaban J connectivity index is 1.69. The number of oxazole rings is 1. The summed E-state index contributed by atoms with van der Waals surface area (Å²) in [7, 11) is 1.66. The van der Waals surface area contributed by atoms with E-state index in [1.54, 1.807) is 7.11 Å². The average Bonchev–Trinajstić information content (AvgIpc) is 3.45. The van der Waals surface area contributed by atoms with Crippen LogP contribution in [0.25, 0.3) is 22.6 Å². The fraction of sp³-hybridized carbons (Fsp3) is 0.286. The van der Waals surface area contributed by atoms with Crippen LogP contribution < -0.4 is 15.2 Å². The summed E-state index contributed by atoms with van der Waals surface area (Å²) >= 11 is 0. The summed E-state index contributed by atoms with van der Waals surface area (Å²) in [5.74, 6) is 3.69. The highest BCUT2D eigenvalue weighted by molar-refractivity contribution is 5.77. The van der Waals surface area contributed by atoms with E-state index >= 15 is 0 Å². The molecular formula is C21H22N2O3. The van der Waals surface area contributed by atoms with Gasteiger partial charge in [-0.15, -0.1) is 0 Å². The summed E-state index contributed by atoms with van der Waals surface area (Å²) in [6, 6.07) is 15.8. The minimum atomic E-state index is 0.452. The molecule has 1 aliphatic carbocycles. The maximum atomic E-state index is 6.15. The van der Waals surface area contributed by atoms with E-state index in [1.165, 1.54) is 0 Å². The lowest BCUT2D eigenvalue weighted by molar-refractivity contribution is 0.328. The van der Waals surface area contributed by atoms with Gasteiger partial charge < -0.3 is 19.6 Å². The molecule has 1 aliphatic rings. The number of nitrogens with two attached hydrogens (primary N) is 1. The van der Waals surface area contributed by atoms with Crippen LogP contribution in [0.15, 0.2) is 52.9 Å². The summed E-state index contributed by atoms with van der Waals surface area (Å²) in [4.78, 5) is 4.79. The van der Waals surface area contributed by atoms with Crippen molar-refractivity contribution in [3.05, 3.63) is 54.4 Å². The molecule has 0 amide bonds. The van der Waals surface area contributed by atoms with Crippen molar-refractivity contribution in [2.75, 3.05) is 20.3 Å². The first kappa shape index (κ1) is 16.7. The van der Waals surface area contributed by atoms with Gasteiger partial charge in [-0.25, -0.2) is 4.98 Å². The molecule has 0 aliphatic heterocycles. The van der Waals surface area contributed by atoms with Crippen molar-refractivity contribution in [2.24, 2.45) is 5.73 Å². The number of rotatable bonds is 7. The molecular weight excluding hydrogens is 328 g/mol. The van der Waals surface area contributed by atoms with Crippen molar-refractivity contribution in [3.63, 3.8) is 0 Å². The maximum absolute atomic E-state index is 6.15. The molecule has 5 nitrogen and oxygen atoms in total. The molecule has 0 bridgehead atoms. The second-order valence-corrected chi connectivity index (χ2v) is 6.39. The third kappa shape index (κ3) is 3.44. The van der Waals surface area contributed by atoms with Crippen molar-refractivity contribution >= 4 is 0 Å². The molecule has 1 saturated carbocycles. The normalized spacial score (nSPS) is 13.6. The van der Waals surface area contributed by atoms with E-state index in [4.69, 9.17) is 24.6 Å². The topological polar surface area (TPSA) is 70.5 Å². The number of methoxy groups -OCH3 is 1. The zero-order valence-electron chi connectivity index (χ0n) is 14.8. The van der Waals surface area contributed by atoms with Crippen molar-refractivity contribution in [1.82, 2.24) is 4.98 Å². The first-order valence-corrected chi connectivity index (χ1v) is 8.87. The van der Waals surface area contributed by atoms with Gasteiger partial charge in [-0.3, -0.25) is 0 Å². The summed E-state index contributed by atoms with van der Waals surface area (Å²) in [5, 5.41) is 0. The number of hydrogen-bond acceptors (Lipinski definition) is 5. The zero-order valence-corrected chi connectivity index (χ0v) is 14.8. The van der Waals surface area contributed by atoms with E-state index < -0.39 is 0 Å². The van der Waals surface area contributed by atoms with Crippen molar-refractivity contribution in [1.29, 1.82) is 0 Å². The number of benzene rings is 2. The van der Waals surface area contributed by atoms with Gasteiger partial charge >= 0.3 is 0 Å². The van der Waals surface area contributed by atoms with E-state index in [0.717, 1.165) is 52.8 Å². The van der Waals surface area contributed by atoms with Crippen molar-refractivity contribution < 1.29 is 13.9 Å². The third-order valence-electron chi connectivity index (χ3n) is 4.44. The first-order chi connectivity index (χ1) is 12.8. The molecule has 1 fully saturated rings. The molecule has 0 spiro atoms. The molecule has 5 heteroatoms. The number of hydrogen-bond donors (Lipinski definition) is 1. The molecule has 26 heavy (non-hydrogen) atoms. The highest BCUT2D eigenvalue weighted by atomic mass is 16.5. The van der Waals surface area contributed by atoms with Crippen LogP contribution in [0.4, 0.5) is 0 Å². The lowest BCUT2D eigenvalue weighted by Gasteiger charge is -2.06. The Kier molecular flexibility index (Phi) is 4.63. The fourth-order valence-corrected chi connectivity index (χ4v) is 2.86. The predicted octanol–water partition coefficient (Wildman–Crippen LogP) is 4.23. The van der Waals surface area contributed by atoms with Crippen LogP contribution in [0.1, 0.15) is 24.7 Å². The molecule has 3 aromatic rings. The molecule has 0 saturated heterocycles. The van der Waals surface area contributed by atoms with E-state index in [-0.39, 0.29) is 0 Å². The van der Waals surface area contributed by atoms with Gasteiger partial charge in [-0.05, 0) is 61.4 Å². The summed E-state index contributed by atoms with van der Waals surface area (Å²) < 4.78 is 17.0. The standard InChI is InChI=1S/C21H22N2O3/c1-24-17-8-4-14(5-9-17)19-20(26-21(23-19)16-2-3-16)15-6-10-18(11-7-15)25-13-12-22/h4-11,16H,2-3,12-13,22H2,1H3. The van der Waals surface area contributed by atoms with Crippen LogP contribution >= 0.6 is 0 Å². The van der Waals surface area contributed by atoms with Crippen LogP contribution in [-0.2, 0) is 0 Å². The fourth-order valence-electron chi connectivity index (χ4n) is 2.86. The third-order valence-corrected chi connectivity index (χ3v) is 4.44. The summed E-state index contributed by atoms with van der Waals surface area (Å²) in [6.45, 7) is 1.00. The molecule has 1 heterocycles. The Hall–Kier alpha value is -2.79. The highest BCUT2D eigenvalue weighted by Crippen LogP contribution is 2.44. The van der Waals surface area contributed by atoms with Crippen LogP contribution in [0.2, 0.25) is 0 Å². The smallest absolute Gasteiger partial charge is 0.198 e. The van der Waals surface area contributed by atoms with Gasteiger partial charge in [0.05, 0.1) is 7.11 Å². The second kappa shape index (κ2) is 7.22. The summed E-state index contributed by atoms with van der Waals surface area (Å²) in [6.07, 6.45) is 2.29. The minimum Gasteiger partial charge on any atom is -0.497 e. The Morgan fingerprint density at radius 3 is 2.27 bits per heavy atom. The van der Waals surface area contributed by atoms with Gasteiger partial charge in [0.25, 0.3) is 0 Å². The van der Waals surface area contributed by atoms with E-state index in [2.05, 4.69) is 0 Å². The van der Waals surface area contributed by atoms with Crippen molar-refractivity contribution in [2.45, 2.75) is 18.8 Å². The van der Waals surface area contributed by atoms with E-state index in [9.17, 15) is 0 Å². The average molecular weight is 350 g/mol. The van der Waals surface area contributed by atoms with Crippen LogP contribution in [0.5, 0.6) is 11.5 Å². The molecule has 0 radical (unpaired) electrons. The van der Waals surface area contributed by atoms with Crippen LogP contribution in [-0.4, -0.2) is 25.2 Å². The molecule has 4 rings (SSSR count).